The predicted octanol–water partition coefficient (Wildman–Crippen LogP) is 2.77. The van der Waals surface area contributed by atoms with E-state index >= 15 is 0 Å². The molecule has 1 heterocycles. The number of carboxylic acids is 1. The van der Waals surface area contributed by atoms with E-state index in [9.17, 15) is 14.3 Å². The summed E-state index contributed by atoms with van der Waals surface area (Å²) in [4.78, 5) is 15.3. The molecule has 2 aromatic rings. The Labute approximate surface area is 109 Å². The van der Waals surface area contributed by atoms with E-state index < -0.39 is 17.8 Å². The molecule has 2 N–H and O–H groups in total. The molecule has 0 bridgehead atoms. The number of rotatable bonds is 4. The topological polar surface area (TPSA) is 62.2 Å². The smallest absolute Gasteiger partial charge is 0.330 e. The van der Waals surface area contributed by atoms with Crippen molar-refractivity contribution in [3.8, 4) is 0 Å². The molecule has 98 valence electrons. The number of halogens is 1. The number of nitrogens with one attached hydrogen (secondary N) is 1. The Bertz CT molecular complexity index is 602. The second-order valence-electron chi connectivity index (χ2n) is 4.13. The number of aromatic nitrogens is 1. The number of aliphatic carboxylic acids is 1. The molecule has 0 saturated carbocycles. The van der Waals surface area contributed by atoms with Gasteiger partial charge in [-0.05, 0) is 30.7 Å². The summed E-state index contributed by atoms with van der Waals surface area (Å²) in [6.07, 6.45) is 3.06. The minimum Gasteiger partial charge on any atom is -0.479 e. The van der Waals surface area contributed by atoms with E-state index in [1.165, 1.54) is 18.3 Å². The lowest BCUT2D eigenvalue weighted by Crippen LogP contribution is -2.22. The van der Waals surface area contributed by atoms with Crippen LogP contribution in [0.15, 0.2) is 42.7 Å². The highest BCUT2D eigenvalue weighted by molar-refractivity contribution is 5.79. The maximum Gasteiger partial charge on any atom is 0.330 e. The van der Waals surface area contributed by atoms with Crippen LogP contribution in [0.25, 0.3) is 0 Å². The van der Waals surface area contributed by atoms with Crippen molar-refractivity contribution in [1.82, 2.24) is 4.98 Å². The summed E-state index contributed by atoms with van der Waals surface area (Å²) >= 11 is 0. The highest BCUT2D eigenvalue weighted by Crippen LogP contribution is 2.23. The van der Waals surface area contributed by atoms with Gasteiger partial charge in [-0.1, -0.05) is 12.1 Å². The summed E-state index contributed by atoms with van der Waals surface area (Å²) in [7, 11) is 0. The first-order valence-corrected chi connectivity index (χ1v) is 5.74. The van der Waals surface area contributed by atoms with Crippen molar-refractivity contribution < 1.29 is 14.3 Å². The van der Waals surface area contributed by atoms with Gasteiger partial charge >= 0.3 is 5.97 Å². The molecule has 5 heteroatoms. The first-order valence-electron chi connectivity index (χ1n) is 5.74. The number of para-hydroxylation sites is 1. The van der Waals surface area contributed by atoms with Crippen LogP contribution in [-0.4, -0.2) is 16.1 Å². The van der Waals surface area contributed by atoms with Crippen molar-refractivity contribution in [3.05, 3.63) is 59.7 Å². The van der Waals surface area contributed by atoms with E-state index in [0.717, 1.165) is 5.56 Å². The molecule has 1 unspecified atom stereocenters. The first kappa shape index (κ1) is 13.0. The third-order valence-electron chi connectivity index (χ3n) is 2.81. The second kappa shape index (κ2) is 5.48. The van der Waals surface area contributed by atoms with Gasteiger partial charge in [-0.15, -0.1) is 0 Å². The highest BCUT2D eigenvalue weighted by Gasteiger charge is 2.22. The van der Waals surface area contributed by atoms with Gasteiger partial charge in [-0.25, -0.2) is 9.18 Å². The van der Waals surface area contributed by atoms with Crippen LogP contribution in [0, 0.1) is 12.7 Å². The summed E-state index contributed by atoms with van der Waals surface area (Å²) < 4.78 is 13.6. The Morgan fingerprint density at radius 2 is 2.11 bits per heavy atom. The van der Waals surface area contributed by atoms with Crippen molar-refractivity contribution in [2.45, 2.75) is 13.0 Å². The van der Waals surface area contributed by atoms with Crippen molar-refractivity contribution in [1.29, 1.82) is 0 Å². The summed E-state index contributed by atoms with van der Waals surface area (Å²) in [5.41, 5.74) is 1.45. The van der Waals surface area contributed by atoms with Crippen LogP contribution in [0.4, 0.5) is 10.1 Å². The maximum absolute atomic E-state index is 13.6. The molecule has 0 amide bonds. The molecule has 1 aromatic carbocycles. The summed E-state index contributed by atoms with van der Waals surface area (Å²) in [6.45, 7) is 1.79. The van der Waals surface area contributed by atoms with Crippen molar-refractivity contribution in [3.63, 3.8) is 0 Å². The molecule has 0 spiro atoms. The van der Waals surface area contributed by atoms with Gasteiger partial charge in [0.25, 0.3) is 0 Å². The number of benzene rings is 1. The summed E-state index contributed by atoms with van der Waals surface area (Å²) in [5, 5.41) is 12.0. The molecule has 0 aliphatic rings. The fraction of sp³-hybridized carbons (Fsp3) is 0.143. The van der Waals surface area contributed by atoms with Gasteiger partial charge < -0.3 is 10.4 Å². The Morgan fingerprint density at radius 3 is 2.74 bits per heavy atom. The molecule has 1 aromatic heterocycles. The Kier molecular flexibility index (Phi) is 3.75. The summed E-state index contributed by atoms with van der Waals surface area (Å²) in [5.74, 6) is -1.57. The number of carboxylic acid groups (broad SMARTS) is 1. The third kappa shape index (κ3) is 2.88. The van der Waals surface area contributed by atoms with Crippen LogP contribution in [0.3, 0.4) is 0 Å². The summed E-state index contributed by atoms with van der Waals surface area (Å²) in [6, 6.07) is 6.64. The maximum atomic E-state index is 13.6. The zero-order valence-corrected chi connectivity index (χ0v) is 10.3. The zero-order chi connectivity index (χ0) is 13.8. The molecular weight excluding hydrogens is 247 g/mol. The van der Waals surface area contributed by atoms with E-state index in [1.54, 1.807) is 31.3 Å². The average Bonchev–Trinajstić information content (AvgIpc) is 2.38. The van der Waals surface area contributed by atoms with Gasteiger partial charge in [0.1, 0.15) is 5.82 Å². The van der Waals surface area contributed by atoms with Gasteiger partial charge in [0.15, 0.2) is 6.04 Å². The van der Waals surface area contributed by atoms with Crippen LogP contribution >= 0.6 is 0 Å². The SMILES string of the molecule is Cc1ccncc1C(Nc1ccccc1F)C(=O)O. The van der Waals surface area contributed by atoms with Crippen LogP contribution < -0.4 is 5.32 Å². The van der Waals surface area contributed by atoms with E-state index in [1.807, 2.05) is 0 Å². The largest absolute Gasteiger partial charge is 0.479 e. The fourth-order valence-corrected chi connectivity index (χ4v) is 1.78. The van der Waals surface area contributed by atoms with Crippen molar-refractivity contribution in [2.24, 2.45) is 0 Å². The number of pyridine rings is 1. The van der Waals surface area contributed by atoms with Crippen LogP contribution in [0.2, 0.25) is 0 Å². The Morgan fingerprint density at radius 1 is 1.37 bits per heavy atom. The lowest BCUT2D eigenvalue weighted by molar-refractivity contribution is -0.138. The van der Waals surface area contributed by atoms with Gasteiger partial charge in [-0.3, -0.25) is 4.98 Å². The molecule has 1 atom stereocenters. The van der Waals surface area contributed by atoms with Gasteiger partial charge in [-0.2, -0.15) is 0 Å². The average molecular weight is 260 g/mol. The Balaban J connectivity index is 2.35. The van der Waals surface area contributed by atoms with E-state index in [-0.39, 0.29) is 5.69 Å². The predicted molar refractivity (Wildman–Crippen MR) is 69.4 cm³/mol. The van der Waals surface area contributed by atoms with Crippen molar-refractivity contribution >= 4 is 11.7 Å². The molecule has 0 fully saturated rings. The van der Waals surface area contributed by atoms with Crippen LogP contribution in [0.1, 0.15) is 17.2 Å². The Hall–Kier alpha value is -2.43. The van der Waals surface area contributed by atoms with Crippen LogP contribution in [0.5, 0.6) is 0 Å². The molecule has 19 heavy (non-hydrogen) atoms. The minimum absolute atomic E-state index is 0.151. The van der Waals surface area contributed by atoms with E-state index in [0.29, 0.717) is 5.56 Å². The molecule has 0 aliphatic heterocycles. The zero-order valence-electron chi connectivity index (χ0n) is 10.3. The van der Waals surface area contributed by atoms with Crippen molar-refractivity contribution in [2.75, 3.05) is 5.32 Å². The third-order valence-corrected chi connectivity index (χ3v) is 2.81. The molecule has 0 aliphatic carbocycles. The number of hydrogen-bond acceptors (Lipinski definition) is 3. The number of aryl methyl sites for hydroxylation is 1. The number of hydrogen-bond donors (Lipinski definition) is 2. The van der Waals surface area contributed by atoms with Gasteiger partial charge in [0.2, 0.25) is 0 Å². The monoisotopic (exact) mass is 260 g/mol. The number of anilines is 1. The first-order chi connectivity index (χ1) is 9.09. The number of carbonyl (C=O) groups is 1. The second-order valence-corrected chi connectivity index (χ2v) is 4.13. The lowest BCUT2D eigenvalue weighted by Gasteiger charge is -2.18. The quantitative estimate of drug-likeness (QED) is 0.887. The lowest BCUT2D eigenvalue weighted by atomic mass is 10.0. The van der Waals surface area contributed by atoms with E-state index in [4.69, 9.17) is 0 Å². The normalized spacial score (nSPS) is 11.9. The minimum atomic E-state index is -1.08. The fourth-order valence-electron chi connectivity index (χ4n) is 1.78. The molecule has 2 rings (SSSR count). The van der Waals surface area contributed by atoms with Gasteiger partial charge in [0.05, 0.1) is 5.69 Å². The van der Waals surface area contributed by atoms with E-state index in [2.05, 4.69) is 10.3 Å². The molecule has 0 radical (unpaired) electrons. The number of nitrogens with zero attached hydrogens (tertiary/aromatic N) is 1. The van der Waals surface area contributed by atoms with Gasteiger partial charge in [0, 0.05) is 18.0 Å². The molecule has 0 saturated heterocycles. The molecule has 4 nitrogen and oxygen atoms in total. The highest BCUT2D eigenvalue weighted by atomic mass is 19.1. The molecular formula is C14H13FN2O2. The standard InChI is InChI=1S/C14H13FN2O2/c1-9-6-7-16-8-10(9)13(14(18)19)17-12-5-3-2-4-11(12)15/h2-8,13,17H,1H3,(H,18,19). The van der Waals surface area contributed by atoms with Crippen LogP contribution in [-0.2, 0) is 4.79 Å².